The zero-order valence-corrected chi connectivity index (χ0v) is 21.6. The predicted octanol–water partition coefficient (Wildman–Crippen LogP) is 5.38. The van der Waals surface area contributed by atoms with Crippen molar-refractivity contribution in [2.24, 2.45) is 0 Å². The van der Waals surface area contributed by atoms with Crippen LogP contribution >= 0.6 is 23.2 Å². The number of nitrogens with zero attached hydrogens (tertiary/aromatic N) is 2. The van der Waals surface area contributed by atoms with Crippen LogP contribution in [0.4, 0.5) is 11.4 Å². The van der Waals surface area contributed by atoms with E-state index in [4.69, 9.17) is 27.9 Å². The largest absolute Gasteiger partial charge is 0.381 e. The van der Waals surface area contributed by atoms with E-state index in [1.807, 2.05) is 61.5 Å². The normalized spacial score (nSPS) is 11.6. The molecule has 3 aromatic rings. The Labute approximate surface area is 212 Å². The van der Waals surface area contributed by atoms with E-state index < -0.39 is 10.0 Å². The molecule has 0 aliphatic carbocycles. The Hall–Kier alpha value is -2.29. The van der Waals surface area contributed by atoms with E-state index in [2.05, 4.69) is 5.32 Å². The molecule has 0 aliphatic rings. The monoisotopic (exact) mass is 521 g/mol. The lowest BCUT2D eigenvalue weighted by molar-refractivity contribution is 0.130. The van der Waals surface area contributed by atoms with Gasteiger partial charge in [0.2, 0.25) is 0 Å². The Kier molecular flexibility index (Phi) is 9.62. The Balaban J connectivity index is 1.74. The molecule has 0 atom stereocenters. The second kappa shape index (κ2) is 12.4. The summed E-state index contributed by atoms with van der Waals surface area (Å²) < 4.78 is 34.3. The zero-order chi connectivity index (χ0) is 24.6. The molecule has 0 aliphatic heterocycles. The van der Waals surface area contributed by atoms with Crippen LogP contribution in [-0.4, -0.2) is 53.7 Å². The molecule has 0 saturated heterocycles. The molecule has 0 bridgehead atoms. The van der Waals surface area contributed by atoms with Crippen LogP contribution in [0.2, 0.25) is 10.0 Å². The number of ether oxygens (including phenoxy) is 1. The van der Waals surface area contributed by atoms with Crippen LogP contribution in [0.5, 0.6) is 0 Å². The molecule has 34 heavy (non-hydrogen) atoms. The number of hydrogen-bond acceptors (Lipinski definition) is 5. The average molecular weight is 522 g/mol. The molecule has 0 amide bonds. The third-order valence-corrected chi connectivity index (χ3v) is 7.40. The number of halogens is 2. The lowest BCUT2D eigenvalue weighted by Crippen LogP contribution is -2.37. The molecule has 0 saturated carbocycles. The molecule has 0 heterocycles. The van der Waals surface area contributed by atoms with Gasteiger partial charge >= 0.3 is 0 Å². The van der Waals surface area contributed by atoms with Crippen LogP contribution in [0.1, 0.15) is 5.56 Å². The Morgan fingerprint density at radius 2 is 1.47 bits per heavy atom. The molecule has 182 valence electrons. The van der Waals surface area contributed by atoms with E-state index in [1.165, 1.54) is 16.4 Å². The minimum atomic E-state index is -3.80. The molecule has 3 rings (SSSR count). The highest BCUT2D eigenvalue weighted by atomic mass is 35.5. The molecule has 0 aromatic heterocycles. The first-order valence-electron chi connectivity index (χ1n) is 10.9. The maximum Gasteiger partial charge on any atom is 0.264 e. The van der Waals surface area contributed by atoms with Crippen molar-refractivity contribution in [2.45, 2.75) is 11.5 Å². The van der Waals surface area contributed by atoms with Crippen LogP contribution in [0.15, 0.2) is 77.7 Å². The minimum absolute atomic E-state index is 0.191. The van der Waals surface area contributed by atoms with Crippen molar-refractivity contribution in [1.82, 2.24) is 4.90 Å². The SMILES string of the molecule is CN(C)CCN(c1ccccc1NCCOCc1ccc(Cl)cc1)S(=O)(=O)c1ccc(Cl)cc1. The summed E-state index contributed by atoms with van der Waals surface area (Å²) in [5.74, 6) is 0. The summed E-state index contributed by atoms with van der Waals surface area (Å²) in [7, 11) is 0.0261. The average Bonchev–Trinajstić information content (AvgIpc) is 2.81. The maximum atomic E-state index is 13.6. The number of benzene rings is 3. The summed E-state index contributed by atoms with van der Waals surface area (Å²) in [4.78, 5) is 2.14. The Morgan fingerprint density at radius 3 is 2.12 bits per heavy atom. The number of likely N-dealkylation sites (N-methyl/N-ethyl adjacent to an activating group) is 1. The van der Waals surface area contributed by atoms with Crippen LogP contribution in [0.3, 0.4) is 0 Å². The number of sulfonamides is 1. The summed E-state index contributed by atoms with van der Waals surface area (Å²) in [6.45, 7) is 2.31. The Bertz CT molecular complexity index is 1150. The van der Waals surface area contributed by atoms with Gasteiger partial charge in [-0.3, -0.25) is 4.31 Å². The summed E-state index contributed by atoms with van der Waals surface area (Å²) >= 11 is 11.9. The van der Waals surface area contributed by atoms with E-state index in [0.717, 1.165) is 5.56 Å². The van der Waals surface area contributed by atoms with Gasteiger partial charge in [-0.1, -0.05) is 47.5 Å². The standard InChI is InChI=1S/C25H29Cl2N3O3S/c1-29(2)16-17-30(34(31,32)23-13-11-22(27)12-14-23)25-6-4-3-5-24(25)28-15-18-33-19-20-7-9-21(26)10-8-20/h3-14,28H,15-19H2,1-2H3. The lowest BCUT2D eigenvalue weighted by atomic mass is 10.2. The summed E-state index contributed by atoms with van der Waals surface area (Å²) in [6.07, 6.45) is 0. The first kappa shape index (κ1) is 26.3. The van der Waals surface area contributed by atoms with Crippen molar-refractivity contribution < 1.29 is 13.2 Å². The number of para-hydroxylation sites is 2. The van der Waals surface area contributed by atoms with Gasteiger partial charge < -0.3 is 15.0 Å². The highest BCUT2D eigenvalue weighted by Crippen LogP contribution is 2.31. The quantitative estimate of drug-likeness (QED) is 0.324. The number of nitrogens with one attached hydrogen (secondary N) is 1. The van der Waals surface area contributed by atoms with Gasteiger partial charge in [-0.25, -0.2) is 8.42 Å². The Morgan fingerprint density at radius 1 is 0.853 bits per heavy atom. The van der Waals surface area contributed by atoms with Gasteiger partial charge in [0.25, 0.3) is 10.0 Å². The van der Waals surface area contributed by atoms with Crippen molar-refractivity contribution in [3.05, 3.63) is 88.4 Å². The van der Waals surface area contributed by atoms with E-state index in [9.17, 15) is 8.42 Å². The second-order valence-electron chi connectivity index (χ2n) is 7.96. The van der Waals surface area contributed by atoms with Gasteiger partial charge in [0, 0.05) is 29.7 Å². The first-order valence-corrected chi connectivity index (χ1v) is 13.0. The summed E-state index contributed by atoms with van der Waals surface area (Å²) in [6, 6.07) is 21.1. The van der Waals surface area contributed by atoms with E-state index in [1.54, 1.807) is 18.2 Å². The van der Waals surface area contributed by atoms with Crippen molar-refractivity contribution >= 4 is 44.6 Å². The smallest absolute Gasteiger partial charge is 0.264 e. The third-order valence-electron chi connectivity index (χ3n) is 5.07. The fraction of sp³-hybridized carbons (Fsp3) is 0.280. The molecular formula is C25H29Cl2N3O3S. The fourth-order valence-corrected chi connectivity index (χ4v) is 4.99. The molecule has 0 fully saturated rings. The van der Waals surface area contributed by atoms with Crippen LogP contribution < -0.4 is 9.62 Å². The number of anilines is 2. The zero-order valence-electron chi connectivity index (χ0n) is 19.2. The molecule has 0 unspecified atom stereocenters. The van der Waals surface area contributed by atoms with Gasteiger partial charge in [-0.15, -0.1) is 0 Å². The molecule has 1 N–H and O–H groups in total. The summed E-state index contributed by atoms with van der Waals surface area (Å²) in [5, 5.41) is 4.50. The van der Waals surface area contributed by atoms with E-state index in [0.29, 0.717) is 54.3 Å². The maximum absolute atomic E-state index is 13.6. The van der Waals surface area contributed by atoms with Gasteiger partial charge in [0.05, 0.1) is 29.5 Å². The molecule has 9 heteroatoms. The van der Waals surface area contributed by atoms with Crippen molar-refractivity contribution in [1.29, 1.82) is 0 Å². The van der Waals surface area contributed by atoms with Crippen LogP contribution in [0, 0.1) is 0 Å². The fourth-order valence-electron chi connectivity index (χ4n) is 3.26. The molecule has 0 radical (unpaired) electrons. The minimum Gasteiger partial charge on any atom is -0.381 e. The van der Waals surface area contributed by atoms with Gasteiger partial charge in [-0.2, -0.15) is 0 Å². The van der Waals surface area contributed by atoms with Crippen molar-refractivity contribution in [3.8, 4) is 0 Å². The highest BCUT2D eigenvalue weighted by Gasteiger charge is 2.26. The second-order valence-corrected chi connectivity index (χ2v) is 10.7. The highest BCUT2D eigenvalue weighted by molar-refractivity contribution is 7.92. The molecular weight excluding hydrogens is 493 g/mol. The van der Waals surface area contributed by atoms with Crippen molar-refractivity contribution in [2.75, 3.05) is 50.0 Å². The summed E-state index contributed by atoms with van der Waals surface area (Å²) in [5.41, 5.74) is 2.33. The lowest BCUT2D eigenvalue weighted by Gasteiger charge is -2.28. The van der Waals surface area contributed by atoms with Crippen LogP contribution in [-0.2, 0) is 21.4 Å². The molecule has 0 spiro atoms. The molecule has 6 nitrogen and oxygen atoms in total. The number of rotatable bonds is 12. The van der Waals surface area contributed by atoms with Gasteiger partial charge in [-0.05, 0) is 68.2 Å². The van der Waals surface area contributed by atoms with Crippen molar-refractivity contribution in [3.63, 3.8) is 0 Å². The number of hydrogen-bond donors (Lipinski definition) is 1. The van der Waals surface area contributed by atoms with Gasteiger partial charge in [0.15, 0.2) is 0 Å². The third kappa shape index (κ3) is 7.35. The van der Waals surface area contributed by atoms with E-state index >= 15 is 0 Å². The topological polar surface area (TPSA) is 61.9 Å². The predicted molar refractivity (Wildman–Crippen MR) is 141 cm³/mol. The van der Waals surface area contributed by atoms with Crippen LogP contribution in [0.25, 0.3) is 0 Å². The van der Waals surface area contributed by atoms with E-state index in [-0.39, 0.29) is 4.90 Å². The first-order chi connectivity index (χ1) is 16.3. The van der Waals surface area contributed by atoms with Gasteiger partial charge in [0.1, 0.15) is 0 Å². The molecule has 3 aromatic carbocycles.